The number of aromatic nitrogens is 2. The lowest BCUT2D eigenvalue weighted by atomic mass is 10.1. The number of nitrogens with zero attached hydrogens (tertiary/aromatic N) is 4. The summed E-state index contributed by atoms with van der Waals surface area (Å²) in [4.78, 5) is 24.2. The number of hydrogen-bond acceptors (Lipinski definition) is 5. The number of nitrogens with one attached hydrogen (secondary N) is 1. The van der Waals surface area contributed by atoms with Gasteiger partial charge in [-0.05, 0) is 30.8 Å². The molecule has 1 amide bonds. The fourth-order valence-electron chi connectivity index (χ4n) is 2.78. The van der Waals surface area contributed by atoms with Gasteiger partial charge in [0.1, 0.15) is 0 Å². The zero-order valence-electron chi connectivity index (χ0n) is 14.5. The number of hydrogen-bond donors (Lipinski definition) is 1. The van der Waals surface area contributed by atoms with E-state index in [1.807, 2.05) is 24.1 Å². The molecule has 1 aromatic heterocycles. The summed E-state index contributed by atoms with van der Waals surface area (Å²) in [6.45, 7) is 1.15. The molecule has 0 saturated heterocycles. The molecule has 1 N–H and O–H groups in total. The second kappa shape index (κ2) is 7.32. The quantitative estimate of drug-likeness (QED) is 0.542. The highest BCUT2D eigenvalue weighted by Crippen LogP contribution is 2.21. The van der Waals surface area contributed by atoms with Gasteiger partial charge >= 0.3 is 0 Å². The topological polar surface area (TPSA) is 93.3 Å². The average molecular weight is 353 g/mol. The normalized spacial score (nSPS) is 11.0. The van der Waals surface area contributed by atoms with Gasteiger partial charge in [-0.25, -0.2) is 0 Å². The van der Waals surface area contributed by atoms with Crippen LogP contribution in [0.15, 0.2) is 48.7 Å². The minimum atomic E-state index is -0.408. The van der Waals surface area contributed by atoms with Crippen LogP contribution in [-0.2, 0) is 13.2 Å². The van der Waals surface area contributed by atoms with Crippen LogP contribution >= 0.6 is 0 Å². The molecule has 1 heterocycles. The molecule has 0 atom stereocenters. The number of non-ortho nitro benzene ring substituents is 1. The fourth-order valence-corrected chi connectivity index (χ4v) is 2.78. The van der Waals surface area contributed by atoms with Crippen LogP contribution in [0.1, 0.15) is 15.9 Å². The molecule has 0 aliphatic carbocycles. The van der Waals surface area contributed by atoms with E-state index in [2.05, 4.69) is 10.4 Å². The van der Waals surface area contributed by atoms with E-state index in [-0.39, 0.29) is 11.6 Å². The van der Waals surface area contributed by atoms with Gasteiger partial charge < -0.3 is 5.32 Å². The molecule has 134 valence electrons. The number of amides is 1. The van der Waals surface area contributed by atoms with Gasteiger partial charge in [-0.3, -0.25) is 24.5 Å². The molecule has 0 aliphatic rings. The third-order valence-electron chi connectivity index (χ3n) is 4.11. The highest BCUT2D eigenvalue weighted by atomic mass is 16.6. The summed E-state index contributed by atoms with van der Waals surface area (Å²) in [6.07, 6.45) is 1.70. The minimum absolute atomic E-state index is 0.0479. The molecule has 3 aromatic rings. The molecule has 0 unspecified atom stereocenters. The smallest absolute Gasteiger partial charge is 0.271 e. The van der Waals surface area contributed by atoms with Crippen LogP contribution < -0.4 is 5.32 Å². The Morgan fingerprint density at radius 3 is 2.65 bits per heavy atom. The van der Waals surface area contributed by atoms with E-state index in [1.54, 1.807) is 36.1 Å². The fraction of sp³-hybridized carbons (Fsp3) is 0.222. The van der Waals surface area contributed by atoms with Crippen LogP contribution in [0.4, 0.5) is 5.69 Å². The number of carbonyl (C=O) groups excluding carboxylic acids is 1. The van der Waals surface area contributed by atoms with Gasteiger partial charge in [-0.1, -0.05) is 12.1 Å². The van der Waals surface area contributed by atoms with Crippen molar-refractivity contribution in [3.63, 3.8) is 0 Å². The minimum Gasteiger partial charge on any atom is -0.355 e. The van der Waals surface area contributed by atoms with E-state index < -0.39 is 4.92 Å². The Labute approximate surface area is 150 Å². The zero-order valence-corrected chi connectivity index (χ0v) is 14.5. The van der Waals surface area contributed by atoms with E-state index in [1.165, 1.54) is 12.1 Å². The summed E-state index contributed by atoms with van der Waals surface area (Å²) in [6, 6.07) is 12.1. The number of fused-ring (bicyclic) bond motifs is 1. The molecule has 0 radical (unpaired) electrons. The van der Waals surface area contributed by atoms with E-state index in [9.17, 15) is 14.9 Å². The van der Waals surface area contributed by atoms with Crippen LogP contribution in [0.3, 0.4) is 0 Å². The lowest BCUT2D eigenvalue weighted by molar-refractivity contribution is -0.384. The SMILES string of the molecule is CNC(=O)c1ccc(CN(C)Cn2ncc3ccc([N+](=O)[O-])cc32)cc1. The molecule has 0 aliphatic heterocycles. The van der Waals surface area contributed by atoms with Gasteiger partial charge in [0.2, 0.25) is 0 Å². The van der Waals surface area contributed by atoms with Crippen molar-refractivity contribution in [2.45, 2.75) is 13.2 Å². The molecular formula is C18H19N5O3. The highest BCUT2D eigenvalue weighted by molar-refractivity contribution is 5.93. The molecule has 0 spiro atoms. The standard InChI is InChI=1S/C18H19N5O3/c1-19-18(24)14-5-3-13(4-6-14)11-21(2)12-22-17-9-16(23(25)26)8-7-15(17)10-20-22/h3-10H,11-12H2,1-2H3,(H,19,24). The van der Waals surface area contributed by atoms with Crippen molar-refractivity contribution >= 4 is 22.5 Å². The first kappa shape index (κ1) is 17.6. The van der Waals surface area contributed by atoms with E-state index in [4.69, 9.17) is 0 Å². The number of rotatable bonds is 6. The van der Waals surface area contributed by atoms with Crippen molar-refractivity contribution < 1.29 is 9.72 Å². The summed E-state index contributed by atoms with van der Waals surface area (Å²) >= 11 is 0. The zero-order chi connectivity index (χ0) is 18.7. The maximum atomic E-state index is 11.6. The molecule has 8 heteroatoms. The number of benzene rings is 2. The Morgan fingerprint density at radius 2 is 2.00 bits per heavy atom. The van der Waals surface area contributed by atoms with E-state index in [0.717, 1.165) is 16.5 Å². The molecule has 26 heavy (non-hydrogen) atoms. The summed E-state index contributed by atoms with van der Waals surface area (Å²) in [7, 11) is 3.54. The summed E-state index contributed by atoms with van der Waals surface area (Å²) in [5, 5.41) is 18.8. The van der Waals surface area contributed by atoms with Crippen LogP contribution in [0.2, 0.25) is 0 Å². The molecule has 0 saturated carbocycles. The Bertz CT molecular complexity index is 949. The summed E-state index contributed by atoms with van der Waals surface area (Å²) in [5.74, 6) is -0.116. The molecule has 0 bridgehead atoms. The lowest BCUT2D eigenvalue weighted by Gasteiger charge is -2.17. The average Bonchev–Trinajstić information content (AvgIpc) is 3.03. The van der Waals surface area contributed by atoms with Gasteiger partial charge in [0.05, 0.1) is 23.3 Å². The van der Waals surface area contributed by atoms with Crippen LogP contribution in [0.5, 0.6) is 0 Å². The predicted molar refractivity (Wildman–Crippen MR) is 97.7 cm³/mol. The molecule has 8 nitrogen and oxygen atoms in total. The Morgan fingerprint density at radius 1 is 1.27 bits per heavy atom. The molecule has 3 rings (SSSR count). The first-order valence-electron chi connectivity index (χ1n) is 8.07. The summed E-state index contributed by atoms with van der Waals surface area (Å²) < 4.78 is 1.74. The van der Waals surface area contributed by atoms with Gasteiger partial charge in [-0.2, -0.15) is 5.10 Å². The van der Waals surface area contributed by atoms with Gasteiger partial charge in [0, 0.05) is 36.7 Å². The maximum absolute atomic E-state index is 11.6. The van der Waals surface area contributed by atoms with Crippen molar-refractivity contribution in [3.8, 4) is 0 Å². The first-order valence-corrected chi connectivity index (χ1v) is 8.07. The largest absolute Gasteiger partial charge is 0.355 e. The molecule has 0 fully saturated rings. The predicted octanol–water partition coefficient (Wildman–Crippen LogP) is 2.39. The number of nitro groups is 1. The third kappa shape index (κ3) is 3.70. The highest BCUT2D eigenvalue weighted by Gasteiger charge is 2.11. The van der Waals surface area contributed by atoms with E-state index >= 15 is 0 Å². The maximum Gasteiger partial charge on any atom is 0.271 e. The van der Waals surface area contributed by atoms with Crippen LogP contribution in [-0.4, -0.2) is 39.6 Å². The summed E-state index contributed by atoms with van der Waals surface area (Å²) in [5.41, 5.74) is 2.44. The number of carbonyl (C=O) groups is 1. The van der Waals surface area contributed by atoms with Crippen LogP contribution in [0, 0.1) is 10.1 Å². The van der Waals surface area contributed by atoms with Gasteiger partial charge in [0.25, 0.3) is 11.6 Å². The van der Waals surface area contributed by atoms with E-state index in [0.29, 0.717) is 18.8 Å². The monoisotopic (exact) mass is 353 g/mol. The second-order valence-corrected chi connectivity index (χ2v) is 6.08. The second-order valence-electron chi connectivity index (χ2n) is 6.08. The van der Waals surface area contributed by atoms with Crippen LogP contribution in [0.25, 0.3) is 10.9 Å². The Balaban J connectivity index is 1.72. The van der Waals surface area contributed by atoms with Crippen molar-refractivity contribution in [2.24, 2.45) is 0 Å². The molecule has 2 aromatic carbocycles. The molecular weight excluding hydrogens is 334 g/mol. The van der Waals surface area contributed by atoms with Gasteiger partial charge in [0.15, 0.2) is 0 Å². The first-order chi connectivity index (χ1) is 12.5. The Kier molecular flexibility index (Phi) is 4.94. The lowest BCUT2D eigenvalue weighted by Crippen LogP contribution is -2.22. The van der Waals surface area contributed by atoms with Crippen molar-refractivity contribution in [1.82, 2.24) is 20.0 Å². The van der Waals surface area contributed by atoms with Crippen molar-refractivity contribution in [3.05, 3.63) is 69.9 Å². The van der Waals surface area contributed by atoms with Crippen molar-refractivity contribution in [2.75, 3.05) is 14.1 Å². The van der Waals surface area contributed by atoms with Crippen molar-refractivity contribution in [1.29, 1.82) is 0 Å². The number of nitro benzene ring substituents is 1. The Hall–Kier alpha value is -3.26. The third-order valence-corrected chi connectivity index (χ3v) is 4.11. The van der Waals surface area contributed by atoms with Gasteiger partial charge in [-0.15, -0.1) is 0 Å².